The standard InChI is InChI=1S/C14H11Cl2FN2O5/c1-22-5-23-12-7(15)3-2-6(11(12)17)9-4-8(18)10(16)13(19-9)24-14(20)21/h2-4H,5H2,1H3,(H2,18,19)(H,20,21). The van der Waals surface area contributed by atoms with Gasteiger partial charge in [0.05, 0.1) is 16.4 Å². The lowest BCUT2D eigenvalue weighted by atomic mass is 10.1. The molecule has 1 aromatic heterocycles. The van der Waals surface area contributed by atoms with E-state index in [1.165, 1.54) is 25.3 Å². The first-order valence-electron chi connectivity index (χ1n) is 6.32. The molecule has 10 heteroatoms. The first kappa shape index (κ1) is 18.1. The molecular formula is C14H11Cl2FN2O5. The normalized spacial score (nSPS) is 10.5. The summed E-state index contributed by atoms with van der Waals surface area (Å²) in [5.74, 6) is -1.53. The van der Waals surface area contributed by atoms with Crippen LogP contribution < -0.4 is 15.2 Å². The number of nitrogens with two attached hydrogens (primary N) is 1. The van der Waals surface area contributed by atoms with Crippen molar-refractivity contribution in [2.24, 2.45) is 0 Å². The maximum Gasteiger partial charge on any atom is 0.512 e. The van der Waals surface area contributed by atoms with E-state index in [0.717, 1.165) is 0 Å². The number of ether oxygens (including phenoxy) is 3. The second-order valence-electron chi connectivity index (χ2n) is 4.37. The van der Waals surface area contributed by atoms with Crippen LogP contribution in [0.15, 0.2) is 18.2 Å². The number of nitrogen functional groups attached to an aromatic ring is 1. The van der Waals surface area contributed by atoms with Crippen molar-refractivity contribution in [3.05, 3.63) is 34.1 Å². The largest absolute Gasteiger partial charge is 0.512 e. The topological polar surface area (TPSA) is 104 Å². The van der Waals surface area contributed by atoms with Crippen LogP contribution in [-0.4, -0.2) is 30.1 Å². The summed E-state index contributed by atoms with van der Waals surface area (Å²) in [6, 6.07) is 3.98. The number of nitrogens with zero attached hydrogens (tertiary/aromatic N) is 1. The Kier molecular flexibility index (Phi) is 5.66. The van der Waals surface area contributed by atoms with Crippen LogP contribution in [-0.2, 0) is 4.74 Å². The Balaban J connectivity index is 2.56. The van der Waals surface area contributed by atoms with Crippen LogP contribution in [0, 0.1) is 5.82 Å². The molecule has 3 N–H and O–H groups in total. The van der Waals surface area contributed by atoms with Gasteiger partial charge in [-0.3, -0.25) is 0 Å². The third-order valence-electron chi connectivity index (χ3n) is 2.79. The smallest absolute Gasteiger partial charge is 0.463 e. The molecule has 0 radical (unpaired) electrons. The number of halogens is 3. The molecule has 0 saturated carbocycles. The van der Waals surface area contributed by atoms with Crippen molar-refractivity contribution in [1.82, 2.24) is 4.98 Å². The SMILES string of the molecule is COCOc1c(Cl)ccc(-c2cc(N)c(Cl)c(OC(=O)O)n2)c1F. The number of carbonyl (C=O) groups is 1. The highest BCUT2D eigenvalue weighted by molar-refractivity contribution is 6.34. The predicted molar refractivity (Wildman–Crippen MR) is 85.2 cm³/mol. The number of anilines is 1. The zero-order chi connectivity index (χ0) is 17.9. The molecule has 0 spiro atoms. The van der Waals surface area contributed by atoms with E-state index < -0.39 is 17.9 Å². The molecule has 0 bridgehead atoms. The fourth-order valence-corrected chi connectivity index (χ4v) is 2.13. The lowest BCUT2D eigenvalue weighted by molar-refractivity contribution is 0.0484. The number of hydrogen-bond acceptors (Lipinski definition) is 6. The van der Waals surface area contributed by atoms with E-state index >= 15 is 0 Å². The van der Waals surface area contributed by atoms with Gasteiger partial charge >= 0.3 is 6.16 Å². The van der Waals surface area contributed by atoms with E-state index in [4.69, 9.17) is 43.5 Å². The minimum atomic E-state index is -1.64. The van der Waals surface area contributed by atoms with Crippen molar-refractivity contribution in [3.8, 4) is 22.9 Å². The molecule has 0 saturated heterocycles. The van der Waals surface area contributed by atoms with Crippen LogP contribution in [0.25, 0.3) is 11.3 Å². The molecule has 2 aromatic rings. The molecule has 24 heavy (non-hydrogen) atoms. The summed E-state index contributed by atoms with van der Waals surface area (Å²) in [4.78, 5) is 14.5. The minimum Gasteiger partial charge on any atom is -0.463 e. The Morgan fingerprint density at radius 1 is 1.42 bits per heavy atom. The highest BCUT2D eigenvalue weighted by Crippen LogP contribution is 2.38. The van der Waals surface area contributed by atoms with Gasteiger partial charge in [-0.2, -0.15) is 0 Å². The third kappa shape index (κ3) is 3.78. The molecule has 7 nitrogen and oxygen atoms in total. The Bertz CT molecular complexity index is 788. The molecule has 0 aliphatic heterocycles. The summed E-state index contributed by atoms with van der Waals surface area (Å²) in [6.45, 7) is -0.219. The van der Waals surface area contributed by atoms with Crippen molar-refractivity contribution >= 4 is 35.0 Å². The van der Waals surface area contributed by atoms with Gasteiger partial charge in [0.15, 0.2) is 18.4 Å². The summed E-state index contributed by atoms with van der Waals surface area (Å²) >= 11 is 11.7. The Morgan fingerprint density at radius 3 is 2.75 bits per heavy atom. The number of rotatable bonds is 5. The van der Waals surface area contributed by atoms with Gasteiger partial charge in [0.1, 0.15) is 5.02 Å². The average molecular weight is 377 g/mol. The molecule has 0 atom stereocenters. The molecular weight excluding hydrogens is 366 g/mol. The third-order valence-corrected chi connectivity index (χ3v) is 3.46. The number of benzene rings is 1. The molecule has 2 rings (SSSR count). The number of pyridine rings is 1. The van der Waals surface area contributed by atoms with Crippen molar-refractivity contribution < 1.29 is 28.5 Å². The number of methoxy groups -OCH3 is 1. The monoisotopic (exact) mass is 376 g/mol. The van der Waals surface area contributed by atoms with Crippen LogP contribution in [0.5, 0.6) is 11.6 Å². The Labute approximate surface area is 145 Å². The lowest BCUT2D eigenvalue weighted by Crippen LogP contribution is -2.07. The molecule has 0 amide bonds. The zero-order valence-electron chi connectivity index (χ0n) is 12.2. The van der Waals surface area contributed by atoms with Crippen LogP contribution >= 0.6 is 23.2 Å². The number of aromatic nitrogens is 1. The highest BCUT2D eigenvalue weighted by Gasteiger charge is 2.20. The van der Waals surface area contributed by atoms with Gasteiger partial charge in [-0.05, 0) is 18.2 Å². The minimum absolute atomic E-state index is 0.00964. The average Bonchev–Trinajstić information content (AvgIpc) is 2.51. The summed E-state index contributed by atoms with van der Waals surface area (Å²) in [7, 11) is 1.37. The fourth-order valence-electron chi connectivity index (χ4n) is 1.79. The van der Waals surface area contributed by atoms with Gasteiger partial charge in [0.25, 0.3) is 0 Å². The molecule has 128 valence electrons. The molecule has 0 aliphatic carbocycles. The van der Waals surface area contributed by atoms with Crippen LogP contribution in [0.3, 0.4) is 0 Å². The number of hydrogen-bond donors (Lipinski definition) is 2. The van der Waals surface area contributed by atoms with E-state index in [1.807, 2.05) is 0 Å². The van der Waals surface area contributed by atoms with Crippen LogP contribution in [0.4, 0.5) is 14.9 Å². The first-order valence-corrected chi connectivity index (χ1v) is 7.07. The first-order chi connectivity index (χ1) is 11.3. The van der Waals surface area contributed by atoms with Crippen molar-refractivity contribution in [2.45, 2.75) is 0 Å². The van der Waals surface area contributed by atoms with E-state index in [0.29, 0.717) is 0 Å². The van der Waals surface area contributed by atoms with E-state index in [1.54, 1.807) is 0 Å². The summed E-state index contributed by atoms with van der Waals surface area (Å²) < 4.78 is 28.9. The summed E-state index contributed by atoms with van der Waals surface area (Å²) in [5.41, 5.74) is 5.61. The van der Waals surface area contributed by atoms with Crippen molar-refractivity contribution in [1.29, 1.82) is 0 Å². The van der Waals surface area contributed by atoms with Gasteiger partial charge < -0.3 is 25.1 Å². The van der Waals surface area contributed by atoms with Gasteiger partial charge in [0.2, 0.25) is 5.88 Å². The van der Waals surface area contributed by atoms with E-state index in [2.05, 4.69) is 9.72 Å². The van der Waals surface area contributed by atoms with E-state index in [-0.39, 0.29) is 39.5 Å². The fraction of sp³-hybridized carbons (Fsp3) is 0.143. The summed E-state index contributed by atoms with van der Waals surface area (Å²) in [6.07, 6.45) is -1.64. The molecule has 0 fully saturated rings. The maximum atomic E-state index is 14.6. The van der Waals surface area contributed by atoms with E-state index in [9.17, 15) is 9.18 Å². The molecule has 0 unspecified atom stereocenters. The van der Waals surface area contributed by atoms with Crippen LogP contribution in [0.2, 0.25) is 10.0 Å². The highest BCUT2D eigenvalue weighted by atomic mass is 35.5. The van der Waals surface area contributed by atoms with Gasteiger partial charge in [-0.1, -0.05) is 23.2 Å². The van der Waals surface area contributed by atoms with Gasteiger partial charge in [0, 0.05) is 12.7 Å². The summed E-state index contributed by atoms with van der Waals surface area (Å²) in [5, 5.41) is 8.51. The quantitative estimate of drug-likeness (QED) is 0.603. The predicted octanol–water partition coefficient (Wildman–Crippen LogP) is 3.82. The van der Waals surface area contributed by atoms with Crippen molar-refractivity contribution in [2.75, 3.05) is 19.6 Å². The zero-order valence-corrected chi connectivity index (χ0v) is 13.7. The number of carboxylic acid groups (broad SMARTS) is 1. The Hall–Kier alpha value is -2.29. The second kappa shape index (κ2) is 7.52. The second-order valence-corrected chi connectivity index (χ2v) is 5.16. The lowest BCUT2D eigenvalue weighted by Gasteiger charge is -2.12. The molecule has 1 aromatic carbocycles. The van der Waals surface area contributed by atoms with Crippen LogP contribution in [0.1, 0.15) is 0 Å². The van der Waals surface area contributed by atoms with Gasteiger partial charge in [-0.15, -0.1) is 0 Å². The molecule has 0 aliphatic rings. The Morgan fingerprint density at radius 2 is 2.12 bits per heavy atom. The van der Waals surface area contributed by atoms with Gasteiger partial charge in [-0.25, -0.2) is 14.2 Å². The molecule has 1 heterocycles. The maximum absolute atomic E-state index is 14.6. The van der Waals surface area contributed by atoms with Crippen molar-refractivity contribution in [3.63, 3.8) is 0 Å².